The number of nitrogens with one attached hydrogen (secondary N) is 1. The van der Waals surface area contributed by atoms with Gasteiger partial charge in [0.15, 0.2) is 0 Å². The molecule has 1 aromatic carbocycles. The standard InChI is InChI=1S/C13H21FN2O2S2/c1-4-15-10-11-5-6-12(14)9-13(11)20(17,18)16(2)7-8-19-3/h5-6,9,15H,4,7-8,10H2,1-3H3. The highest BCUT2D eigenvalue weighted by Gasteiger charge is 2.24. The van der Waals surface area contributed by atoms with Crippen LogP contribution in [0.15, 0.2) is 23.1 Å². The van der Waals surface area contributed by atoms with Gasteiger partial charge in [0.2, 0.25) is 10.0 Å². The summed E-state index contributed by atoms with van der Waals surface area (Å²) in [4.78, 5) is 0.0436. The third-order valence-corrected chi connectivity index (χ3v) is 5.42. The number of halogens is 1. The topological polar surface area (TPSA) is 49.4 Å². The summed E-state index contributed by atoms with van der Waals surface area (Å²) in [6.07, 6.45) is 1.92. The molecule has 0 aliphatic carbocycles. The van der Waals surface area contributed by atoms with E-state index in [4.69, 9.17) is 0 Å². The van der Waals surface area contributed by atoms with Gasteiger partial charge in [-0.2, -0.15) is 11.8 Å². The Bertz CT molecular complexity index is 535. The summed E-state index contributed by atoms with van der Waals surface area (Å²) in [5.41, 5.74) is 0.587. The maximum absolute atomic E-state index is 13.4. The molecule has 0 amide bonds. The van der Waals surface area contributed by atoms with Crippen molar-refractivity contribution in [1.29, 1.82) is 0 Å². The quantitative estimate of drug-likeness (QED) is 0.795. The molecule has 4 nitrogen and oxygen atoms in total. The summed E-state index contributed by atoms with van der Waals surface area (Å²) in [7, 11) is -2.13. The highest BCUT2D eigenvalue weighted by Crippen LogP contribution is 2.21. The zero-order valence-corrected chi connectivity index (χ0v) is 13.7. The lowest BCUT2D eigenvalue weighted by atomic mass is 10.2. The molecule has 0 radical (unpaired) electrons. The van der Waals surface area contributed by atoms with Crippen molar-refractivity contribution in [2.75, 3.05) is 32.1 Å². The number of nitrogens with zero attached hydrogens (tertiary/aromatic N) is 1. The van der Waals surface area contributed by atoms with E-state index in [1.54, 1.807) is 11.8 Å². The minimum Gasteiger partial charge on any atom is -0.313 e. The summed E-state index contributed by atoms with van der Waals surface area (Å²) in [5, 5.41) is 3.07. The number of thioether (sulfide) groups is 1. The van der Waals surface area contributed by atoms with Gasteiger partial charge in [-0.1, -0.05) is 13.0 Å². The van der Waals surface area contributed by atoms with E-state index >= 15 is 0 Å². The van der Waals surface area contributed by atoms with Crippen molar-refractivity contribution in [3.63, 3.8) is 0 Å². The number of benzene rings is 1. The Kier molecular flexibility index (Phi) is 6.94. The number of hydrogen-bond acceptors (Lipinski definition) is 4. The molecule has 1 rings (SSSR count). The summed E-state index contributed by atoms with van der Waals surface area (Å²) >= 11 is 1.57. The summed E-state index contributed by atoms with van der Waals surface area (Å²) < 4.78 is 39.7. The third kappa shape index (κ3) is 4.44. The van der Waals surface area contributed by atoms with E-state index in [1.807, 2.05) is 13.2 Å². The van der Waals surface area contributed by atoms with Gasteiger partial charge < -0.3 is 5.32 Å². The van der Waals surface area contributed by atoms with Crippen LogP contribution in [0, 0.1) is 5.82 Å². The average Bonchev–Trinajstić information content (AvgIpc) is 2.43. The Balaban J connectivity index is 3.11. The van der Waals surface area contributed by atoms with E-state index in [2.05, 4.69) is 5.32 Å². The fraction of sp³-hybridized carbons (Fsp3) is 0.538. The van der Waals surface area contributed by atoms with Crippen molar-refractivity contribution in [2.45, 2.75) is 18.4 Å². The minimum atomic E-state index is -3.65. The molecule has 0 heterocycles. The molecule has 0 aromatic heterocycles. The van der Waals surface area contributed by atoms with Gasteiger partial charge in [0.05, 0.1) is 4.90 Å². The zero-order valence-electron chi connectivity index (χ0n) is 12.0. The van der Waals surface area contributed by atoms with Crippen LogP contribution in [0.2, 0.25) is 0 Å². The predicted octanol–water partition coefficient (Wildman–Crippen LogP) is 1.92. The summed E-state index contributed by atoms with van der Waals surface area (Å²) in [5.74, 6) is 0.162. The van der Waals surface area contributed by atoms with Crippen LogP contribution in [0.4, 0.5) is 4.39 Å². The third-order valence-electron chi connectivity index (χ3n) is 2.89. The van der Waals surface area contributed by atoms with Crippen LogP contribution in [0.5, 0.6) is 0 Å². The number of hydrogen-bond donors (Lipinski definition) is 1. The second kappa shape index (κ2) is 7.97. The van der Waals surface area contributed by atoms with Crippen LogP contribution < -0.4 is 5.32 Å². The second-order valence-electron chi connectivity index (χ2n) is 4.35. The van der Waals surface area contributed by atoms with Gasteiger partial charge in [0, 0.05) is 25.9 Å². The number of sulfonamides is 1. The zero-order chi connectivity index (χ0) is 15.2. The van der Waals surface area contributed by atoms with E-state index < -0.39 is 15.8 Å². The molecule has 0 bridgehead atoms. The Morgan fingerprint density at radius 1 is 1.40 bits per heavy atom. The highest BCUT2D eigenvalue weighted by atomic mass is 32.2. The van der Waals surface area contributed by atoms with Crippen molar-refractivity contribution < 1.29 is 12.8 Å². The molecule has 0 spiro atoms. The van der Waals surface area contributed by atoms with E-state index in [-0.39, 0.29) is 4.90 Å². The van der Waals surface area contributed by atoms with Crippen LogP contribution in [0.25, 0.3) is 0 Å². The van der Waals surface area contributed by atoms with E-state index in [1.165, 1.54) is 23.5 Å². The molecular formula is C13H21FN2O2S2. The normalized spacial score (nSPS) is 12.1. The lowest BCUT2D eigenvalue weighted by Gasteiger charge is -2.19. The molecule has 0 unspecified atom stereocenters. The van der Waals surface area contributed by atoms with Crippen LogP contribution in [0.1, 0.15) is 12.5 Å². The maximum atomic E-state index is 13.4. The monoisotopic (exact) mass is 320 g/mol. The lowest BCUT2D eigenvalue weighted by Crippen LogP contribution is -2.30. The van der Waals surface area contributed by atoms with Crippen molar-refractivity contribution >= 4 is 21.8 Å². The Labute approximate surface area is 124 Å². The van der Waals surface area contributed by atoms with Gasteiger partial charge in [-0.3, -0.25) is 0 Å². The minimum absolute atomic E-state index is 0.0436. The Morgan fingerprint density at radius 2 is 2.10 bits per heavy atom. The summed E-state index contributed by atoms with van der Waals surface area (Å²) in [6.45, 7) is 3.46. The molecular weight excluding hydrogens is 299 g/mol. The highest BCUT2D eigenvalue weighted by molar-refractivity contribution is 7.98. The van der Waals surface area contributed by atoms with Gasteiger partial charge in [0.1, 0.15) is 5.82 Å². The molecule has 0 aliphatic heterocycles. The van der Waals surface area contributed by atoms with E-state index in [0.29, 0.717) is 24.4 Å². The van der Waals surface area contributed by atoms with Crippen LogP contribution in [-0.4, -0.2) is 44.9 Å². The molecule has 0 fully saturated rings. The Hall–Kier alpha value is -0.630. The molecule has 0 aliphatic rings. The average molecular weight is 320 g/mol. The molecule has 0 atom stereocenters. The van der Waals surface area contributed by atoms with Crippen LogP contribution >= 0.6 is 11.8 Å². The smallest absolute Gasteiger partial charge is 0.243 e. The maximum Gasteiger partial charge on any atom is 0.243 e. The number of rotatable bonds is 8. The van der Waals surface area contributed by atoms with Gasteiger partial charge >= 0.3 is 0 Å². The van der Waals surface area contributed by atoms with Crippen LogP contribution in [-0.2, 0) is 16.6 Å². The first-order chi connectivity index (χ1) is 9.43. The van der Waals surface area contributed by atoms with Gasteiger partial charge in [-0.25, -0.2) is 17.1 Å². The molecule has 20 heavy (non-hydrogen) atoms. The van der Waals surface area contributed by atoms with Crippen molar-refractivity contribution in [1.82, 2.24) is 9.62 Å². The second-order valence-corrected chi connectivity index (χ2v) is 7.35. The molecule has 1 aromatic rings. The first kappa shape index (κ1) is 17.4. The molecule has 0 saturated heterocycles. The molecule has 1 N–H and O–H groups in total. The SMILES string of the molecule is CCNCc1ccc(F)cc1S(=O)(=O)N(C)CCSC. The van der Waals surface area contributed by atoms with Gasteiger partial charge in [-0.05, 0) is 30.5 Å². The van der Waals surface area contributed by atoms with Gasteiger partial charge in [-0.15, -0.1) is 0 Å². The molecule has 0 saturated carbocycles. The van der Waals surface area contributed by atoms with Crippen molar-refractivity contribution in [3.05, 3.63) is 29.6 Å². The first-order valence-corrected chi connectivity index (χ1v) is 9.21. The van der Waals surface area contributed by atoms with Crippen molar-refractivity contribution in [3.8, 4) is 0 Å². The summed E-state index contributed by atoms with van der Waals surface area (Å²) in [6, 6.07) is 3.90. The van der Waals surface area contributed by atoms with Crippen molar-refractivity contribution in [2.24, 2.45) is 0 Å². The first-order valence-electron chi connectivity index (χ1n) is 6.38. The predicted molar refractivity (Wildman–Crippen MR) is 82.0 cm³/mol. The largest absolute Gasteiger partial charge is 0.313 e. The Morgan fingerprint density at radius 3 is 2.70 bits per heavy atom. The van der Waals surface area contributed by atoms with E-state index in [9.17, 15) is 12.8 Å². The van der Waals surface area contributed by atoms with Gasteiger partial charge in [0.25, 0.3) is 0 Å². The van der Waals surface area contributed by atoms with E-state index in [0.717, 1.165) is 12.6 Å². The fourth-order valence-corrected chi connectivity index (χ4v) is 3.65. The molecule has 114 valence electrons. The fourth-order valence-electron chi connectivity index (χ4n) is 1.68. The lowest BCUT2D eigenvalue weighted by molar-refractivity contribution is 0.486. The van der Waals surface area contributed by atoms with Crippen LogP contribution in [0.3, 0.4) is 0 Å². The molecule has 7 heteroatoms.